The lowest BCUT2D eigenvalue weighted by Crippen LogP contribution is -2.51. The molecule has 92 valence electrons. The zero-order chi connectivity index (χ0) is 12.3. The second-order valence-electron chi connectivity index (χ2n) is 3.56. The van der Waals surface area contributed by atoms with Gasteiger partial charge in [-0.2, -0.15) is 0 Å². The van der Waals surface area contributed by atoms with Gasteiger partial charge < -0.3 is 10.2 Å². The van der Waals surface area contributed by atoms with Gasteiger partial charge in [0.1, 0.15) is 11.6 Å². The molecule has 2 heterocycles. The highest BCUT2D eigenvalue weighted by Gasteiger charge is 2.21. The number of aryl methyl sites for hydroxylation is 1. The Hall–Kier alpha value is -1.70. The molecule has 1 aromatic rings. The van der Waals surface area contributed by atoms with E-state index >= 15 is 0 Å². The highest BCUT2D eigenvalue weighted by molar-refractivity contribution is 7.15. The third kappa shape index (κ3) is 2.90. The number of hydrogen-bond acceptors (Lipinski definition) is 5. The molecule has 1 aromatic heterocycles. The van der Waals surface area contributed by atoms with E-state index in [2.05, 4.69) is 20.8 Å². The van der Waals surface area contributed by atoms with E-state index in [4.69, 9.17) is 0 Å². The van der Waals surface area contributed by atoms with E-state index in [-0.39, 0.29) is 18.5 Å². The SMILES string of the molecule is CCc1nnc(NC(=O)N2CCNC(=O)C2)s1. The van der Waals surface area contributed by atoms with Crippen LogP contribution in [0.25, 0.3) is 0 Å². The quantitative estimate of drug-likeness (QED) is 0.782. The van der Waals surface area contributed by atoms with Crippen molar-refractivity contribution in [2.24, 2.45) is 0 Å². The number of nitrogens with zero attached hydrogens (tertiary/aromatic N) is 3. The van der Waals surface area contributed by atoms with Gasteiger partial charge in [0.2, 0.25) is 11.0 Å². The molecule has 0 unspecified atom stereocenters. The van der Waals surface area contributed by atoms with Gasteiger partial charge in [-0.05, 0) is 6.42 Å². The fraction of sp³-hybridized carbons (Fsp3) is 0.556. The number of nitrogens with one attached hydrogen (secondary N) is 2. The molecule has 0 spiro atoms. The summed E-state index contributed by atoms with van der Waals surface area (Å²) >= 11 is 1.34. The van der Waals surface area contributed by atoms with E-state index < -0.39 is 0 Å². The van der Waals surface area contributed by atoms with Crippen LogP contribution >= 0.6 is 11.3 Å². The van der Waals surface area contributed by atoms with Crippen molar-refractivity contribution >= 4 is 28.4 Å². The number of rotatable bonds is 2. The van der Waals surface area contributed by atoms with Crippen molar-refractivity contribution in [2.45, 2.75) is 13.3 Å². The van der Waals surface area contributed by atoms with Crippen molar-refractivity contribution < 1.29 is 9.59 Å². The monoisotopic (exact) mass is 255 g/mol. The molecule has 8 heteroatoms. The topological polar surface area (TPSA) is 87.2 Å². The number of carbonyl (C=O) groups is 2. The predicted octanol–water partition coefficient (Wildman–Crippen LogP) is 0.0642. The Kier molecular flexibility index (Phi) is 3.52. The van der Waals surface area contributed by atoms with E-state index in [1.807, 2.05) is 6.92 Å². The molecule has 1 aliphatic heterocycles. The largest absolute Gasteiger partial charge is 0.353 e. The minimum Gasteiger partial charge on any atom is -0.353 e. The van der Waals surface area contributed by atoms with Gasteiger partial charge in [0, 0.05) is 13.1 Å². The Balaban J connectivity index is 1.94. The minimum atomic E-state index is -0.307. The summed E-state index contributed by atoms with van der Waals surface area (Å²) in [5.74, 6) is -0.141. The minimum absolute atomic E-state index is 0.0886. The van der Waals surface area contributed by atoms with Crippen molar-refractivity contribution in [3.63, 3.8) is 0 Å². The summed E-state index contributed by atoms with van der Waals surface area (Å²) in [4.78, 5) is 24.4. The average molecular weight is 255 g/mol. The summed E-state index contributed by atoms with van der Waals surface area (Å²) in [6, 6.07) is -0.307. The van der Waals surface area contributed by atoms with Crippen LogP contribution in [0.3, 0.4) is 0 Å². The van der Waals surface area contributed by atoms with Crippen LogP contribution in [0.4, 0.5) is 9.93 Å². The number of piperazine rings is 1. The zero-order valence-corrected chi connectivity index (χ0v) is 10.2. The number of amides is 3. The van der Waals surface area contributed by atoms with Crippen molar-refractivity contribution in [3.8, 4) is 0 Å². The van der Waals surface area contributed by atoms with Crippen LogP contribution in [-0.4, -0.2) is 46.7 Å². The van der Waals surface area contributed by atoms with Gasteiger partial charge in [-0.3, -0.25) is 10.1 Å². The summed E-state index contributed by atoms with van der Waals surface area (Å²) < 4.78 is 0. The normalized spacial score (nSPS) is 15.6. The standard InChI is InChI=1S/C9H13N5O2S/c1-2-7-12-13-8(17-7)11-9(16)14-4-3-10-6(15)5-14/h2-5H2,1H3,(H,10,15)(H,11,13,16). The van der Waals surface area contributed by atoms with Crippen LogP contribution in [0, 0.1) is 0 Å². The van der Waals surface area contributed by atoms with Crippen LogP contribution in [0.5, 0.6) is 0 Å². The molecule has 0 aliphatic carbocycles. The van der Waals surface area contributed by atoms with Gasteiger partial charge in [0.25, 0.3) is 0 Å². The van der Waals surface area contributed by atoms with Gasteiger partial charge >= 0.3 is 6.03 Å². The van der Waals surface area contributed by atoms with Crippen molar-refractivity contribution in [1.82, 2.24) is 20.4 Å². The molecular formula is C9H13N5O2S. The lowest BCUT2D eigenvalue weighted by atomic mass is 10.4. The maximum absolute atomic E-state index is 11.8. The van der Waals surface area contributed by atoms with Crippen molar-refractivity contribution in [2.75, 3.05) is 25.0 Å². The Bertz CT molecular complexity index is 433. The molecule has 1 saturated heterocycles. The van der Waals surface area contributed by atoms with Crippen molar-refractivity contribution in [1.29, 1.82) is 0 Å². The number of urea groups is 1. The first-order chi connectivity index (χ1) is 8.19. The highest BCUT2D eigenvalue weighted by atomic mass is 32.1. The Morgan fingerprint density at radius 3 is 3.06 bits per heavy atom. The van der Waals surface area contributed by atoms with Crippen LogP contribution in [0.1, 0.15) is 11.9 Å². The van der Waals surface area contributed by atoms with E-state index in [0.29, 0.717) is 18.2 Å². The Labute approximate surface area is 102 Å². The van der Waals surface area contributed by atoms with Crippen LogP contribution < -0.4 is 10.6 Å². The molecule has 0 bridgehead atoms. The third-order valence-electron chi connectivity index (χ3n) is 2.31. The molecular weight excluding hydrogens is 242 g/mol. The fourth-order valence-electron chi connectivity index (χ4n) is 1.43. The first-order valence-corrected chi connectivity index (χ1v) is 6.15. The zero-order valence-electron chi connectivity index (χ0n) is 9.39. The molecule has 2 rings (SSSR count). The van der Waals surface area contributed by atoms with Gasteiger partial charge in [-0.15, -0.1) is 10.2 Å². The maximum atomic E-state index is 11.8. The number of carbonyl (C=O) groups excluding carboxylic acids is 2. The lowest BCUT2D eigenvalue weighted by molar-refractivity contribution is -0.123. The highest BCUT2D eigenvalue weighted by Crippen LogP contribution is 2.15. The summed E-state index contributed by atoms with van der Waals surface area (Å²) in [7, 11) is 0. The molecule has 0 aromatic carbocycles. The van der Waals surface area contributed by atoms with E-state index in [1.54, 1.807) is 0 Å². The van der Waals surface area contributed by atoms with E-state index in [0.717, 1.165) is 11.4 Å². The van der Waals surface area contributed by atoms with Gasteiger partial charge in [0.05, 0.1) is 0 Å². The summed E-state index contributed by atoms with van der Waals surface area (Å²) in [5, 5.41) is 14.4. The maximum Gasteiger partial charge on any atom is 0.324 e. The predicted molar refractivity (Wildman–Crippen MR) is 62.9 cm³/mol. The fourth-order valence-corrected chi connectivity index (χ4v) is 2.10. The van der Waals surface area contributed by atoms with Crippen LogP contribution in [0.2, 0.25) is 0 Å². The van der Waals surface area contributed by atoms with Gasteiger partial charge in [-0.25, -0.2) is 4.79 Å². The van der Waals surface area contributed by atoms with E-state index in [1.165, 1.54) is 16.2 Å². The Morgan fingerprint density at radius 1 is 1.59 bits per heavy atom. The van der Waals surface area contributed by atoms with Gasteiger partial charge in [0.15, 0.2) is 0 Å². The molecule has 7 nitrogen and oxygen atoms in total. The second kappa shape index (κ2) is 5.09. The summed E-state index contributed by atoms with van der Waals surface area (Å²) in [6.07, 6.45) is 0.791. The van der Waals surface area contributed by atoms with Crippen LogP contribution in [0.15, 0.2) is 0 Å². The second-order valence-corrected chi connectivity index (χ2v) is 4.62. The van der Waals surface area contributed by atoms with Gasteiger partial charge in [-0.1, -0.05) is 18.3 Å². The number of aromatic nitrogens is 2. The van der Waals surface area contributed by atoms with Crippen molar-refractivity contribution in [3.05, 3.63) is 5.01 Å². The lowest BCUT2D eigenvalue weighted by Gasteiger charge is -2.26. The Morgan fingerprint density at radius 2 is 2.41 bits per heavy atom. The van der Waals surface area contributed by atoms with Crippen LogP contribution in [-0.2, 0) is 11.2 Å². The molecule has 1 fully saturated rings. The molecule has 1 aliphatic rings. The number of anilines is 1. The summed E-state index contributed by atoms with van der Waals surface area (Å²) in [5.41, 5.74) is 0. The van der Waals surface area contributed by atoms with E-state index in [9.17, 15) is 9.59 Å². The molecule has 0 saturated carbocycles. The first kappa shape index (κ1) is 11.8. The number of hydrogen-bond donors (Lipinski definition) is 2. The molecule has 0 radical (unpaired) electrons. The summed E-state index contributed by atoms with van der Waals surface area (Å²) in [6.45, 7) is 3.06. The molecule has 17 heavy (non-hydrogen) atoms. The molecule has 2 N–H and O–H groups in total. The molecule has 3 amide bonds. The smallest absolute Gasteiger partial charge is 0.324 e. The first-order valence-electron chi connectivity index (χ1n) is 5.34. The average Bonchev–Trinajstić information content (AvgIpc) is 2.77. The molecule has 0 atom stereocenters. The third-order valence-corrected chi connectivity index (χ3v) is 3.29.